The second-order valence-corrected chi connectivity index (χ2v) is 10.4. The number of benzene rings is 2. The van der Waals surface area contributed by atoms with E-state index in [4.69, 9.17) is 36.5 Å². The van der Waals surface area contributed by atoms with Gasteiger partial charge in [0, 0.05) is 10.6 Å². The van der Waals surface area contributed by atoms with E-state index in [0.717, 1.165) is 17.7 Å². The molecule has 5 N–H and O–H groups in total. The quantitative estimate of drug-likeness (QED) is 0.315. The van der Waals surface area contributed by atoms with Crippen LogP contribution in [0.3, 0.4) is 0 Å². The fraction of sp³-hybridized carbons (Fsp3) is 0.0500. The molecule has 0 fully saturated rings. The van der Waals surface area contributed by atoms with E-state index in [1.807, 2.05) is 0 Å². The fourth-order valence-corrected chi connectivity index (χ4v) is 4.06. The van der Waals surface area contributed by atoms with Gasteiger partial charge in [0.2, 0.25) is 0 Å². The van der Waals surface area contributed by atoms with E-state index in [1.165, 1.54) is 19.1 Å². The van der Waals surface area contributed by atoms with Gasteiger partial charge in [0.15, 0.2) is 5.69 Å². The van der Waals surface area contributed by atoms with Gasteiger partial charge in [-0.2, -0.15) is 0 Å². The number of carbonyl (C=O) groups is 2. The van der Waals surface area contributed by atoms with Gasteiger partial charge in [-0.15, -0.1) is 0 Å². The van der Waals surface area contributed by atoms with Crippen molar-refractivity contribution in [1.29, 1.82) is 0 Å². The number of hydrogen-bond acceptors (Lipinski definition) is 5. The number of aromatic carboxylic acids is 1. The van der Waals surface area contributed by atoms with Gasteiger partial charge in [0.1, 0.15) is 0 Å². The molecule has 0 unspecified atom stereocenters. The van der Waals surface area contributed by atoms with Crippen molar-refractivity contribution in [2.24, 2.45) is 0 Å². The number of hydrogen-bond donors (Lipinski definition) is 5. The van der Waals surface area contributed by atoms with E-state index < -0.39 is 30.2 Å². The molecule has 0 aliphatic rings. The first-order chi connectivity index (χ1) is 14.9. The van der Waals surface area contributed by atoms with Gasteiger partial charge in [-0.3, -0.25) is 0 Å². The number of phenolic OH excluding ortho intramolecular Hbond substituents is 1. The standard InChI is InChI=1S/C12H7Cl2NO2.C8H10AsNO5/c13-8-3-1-7(2-4-8)10-6-5-9(14)11(15-10)12(16)17;1-5(11)10-6-2-3-7(8(12)4-6)9(13,14)15/h1-6H,(H,16,17);2-4,12H,1H3,(H,10,11)(H2,13,14,15). The Kier molecular flexibility index (Phi) is 8.49. The molecule has 3 rings (SSSR count). The van der Waals surface area contributed by atoms with E-state index >= 15 is 0 Å². The number of carbonyl (C=O) groups excluding carboxylic acids is 1. The number of carboxylic acids is 1. The molecule has 0 spiro atoms. The molecular formula is C20H17AsCl2N2O7. The number of pyridine rings is 1. The first kappa shape index (κ1) is 25.4. The molecule has 0 saturated carbocycles. The van der Waals surface area contributed by atoms with Crippen LogP contribution in [0.25, 0.3) is 11.3 Å². The van der Waals surface area contributed by atoms with Gasteiger partial charge in [0.25, 0.3) is 0 Å². The Labute approximate surface area is 195 Å². The number of anilines is 1. The molecule has 1 amide bonds. The van der Waals surface area contributed by atoms with Crippen LogP contribution in [-0.2, 0) is 8.53 Å². The molecule has 168 valence electrons. The van der Waals surface area contributed by atoms with Crippen LogP contribution in [0.2, 0.25) is 10.0 Å². The third kappa shape index (κ3) is 7.12. The van der Waals surface area contributed by atoms with Crippen molar-refractivity contribution in [2.75, 3.05) is 5.32 Å². The molecule has 2 aromatic carbocycles. The molecule has 3 aromatic rings. The topological polar surface area (TPSA) is 157 Å². The summed E-state index contributed by atoms with van der Waals surface area (Å²) in [7, 11) is 0. The summed E-state index contributed by atoms with van der Waals surface area (Å²) in [6, 6.07) is 13.7. The molecule has 0 aliphatic carbocycles. The van der Waals surface area contributed by atoms with Crippen molar-refractivity contribution in [1.82, 2.24) is 4.98 Å². The predicted molar refractivity (Wildman–Crippen MR) is 120 cm³/mol. The van der Waals surface area contributed by atoms with E-state index in [-0.39, 0.29) is 22.3 Å². The summed E-state index contributed by atoms with van der Waals surface area (Å²) in [6.07, 6.45) is 0. The molecule has 0 bridgehead atoms. The minimum absolute atomic E-state index is 0.121. The Morgan fingerprint density at radius 2 is 1.62 bits per heavy atom. The molecule has 12 heteroatoms. The first-order valence-corrected chi connectivity index (χ1v) is 12.8. The normalized spacial score (nSPS) is 10.7. The molecular weight excluding hydrogens is 526 g/mol. The number of rotatable bonds is 4. The number of phenols is 1. The van der Waals surface area contributed by atoms with Crippen molar-refractivity contribution in [3.05, 3.63) is 70.3 Å². The Hall–Kier alpha value is -2.81. The number of aromatic hydroxyl groups is 1. The molecule has 0 radical (unpaired) electrons. The summed E-state index contributed by atoms with van der Waals surface area (Å²) in [4.78, 5) is 25.6. The van der Waals surface area contributed by atoms with Crippen molar-refractivity contribution in [3.63, 3.8) is 0 Å². The molecule has 1 aromatic heterocycles. The van der Waals surface area contributed by atoms with Crippen LogP contribution in [0, 0.1) is 0 Å². The molecule has 9 nitrogen and oxygen atoms in total. The molecule has 1 heterocycles. The van der Waals surface area contributed by atoms with Gasteiger partial charge in [-0.25, -0.2) is 9.78 Å². The first-order valence-electron chi connectivity index (χ1n) is 8.71. The van der Waals surface area contributed by atoms with E-state index in [9.17, 15) is 18.4 Å². The summed E-state index contributed by atoms with van der Waals surface area (Å²) in [6.45, 7) is 1.29. The maximum atomic E-state index is 10.9. The average Bonchev–Trinajstić information content (AvgIpc) is 2.68. The number of nitrogens with zero attached hydrogens (tertiary/aromatic N) is 1. The largest absolute Gasteiger partial charge is 0.476 e. The average molecular weight is 543 g/mol. The van der Waals surface area contributed by atoms with Gasteiger partial charge < -0.3 is 5.11 Å². The number of nitrogens with one attached hydrogen (secondary N) is 1. The minimum Gasteiger partial charge on any atom is -0.476 e. The minimum atomic E-state index is -5.09. The fourth-order valence-electron chi connectivity index (χ4n) is 2.42. The van der Waals surface area contributed by atoms with E-state index in [1.54, 1.807) is 30.3 Å². The zero-order valence-electron chi connectivity index (χ0n) is 16.4. The van der Waals surface area contributed by atoms with Crippen LogP contribution in [0.1, 0.15) is 17.4 Å². The third-order valence-corrected chi connectivity index (χ3v) is 6.47. The second-order valence-electron chi connectivity index (χ2n) is 6.27. The summed E-state index contributed by atoms with van der Waals surface area (Å²) in [5, 5.41) is 21.3. The Morgan fingerprint density at radius 3 is 2.12 bits per heavy atom. The predicted octanol–water partition coefficient (Wildman–Crippen LogP) is 2.67. The monoisotopic (exact) mass is 542 g/mol. The van der Waals surface area contributed by atoms with Crippen LogP contribution in [-0.4, -0.2) is 49.4 Å². The van der Waals surface area contributed by atoms with Gasteiger partial charge in [-0.05, 0) is 24.3 Å². The van der Waals surface area contributed by atoms with Crippen LogP contribution < -0.4 is 9.67 Å². The summed E-state index contributed by atoms with van der Waals surface area (Å²) >= 11 is 6.42. The molecule has 0 saturated heterocycles. The Morgan fingerprint density at radius 1 is 1.00 bits per heavy atom. The van der Waals surface area contributed by atoms with Crippen LogP contribution in [0.5, 0.6) is 5.75 Å². The zero-order chi connectivity index (χ0) is 24.1. The zero-order valence-corrected chi connectivity index (χ0v) is 19.7. The maximum absolute atomic E-state index is 10.9. The molecule has 0 atom stereocenters. The van der Waals surface area contributed by atoms with Gasteiger partial charge in [0.05, 0.1) is 10.7 Å². The second kappa shape index (κ2) is 10.7. The van der Waals surface area contributed by atoms with Crippen LogP contribution >= 0.6 is 23.2 Å². The number of amides is 1. The van der Waals surface area contributed by atoms with Crippen molar-refractivity contribution < 1.29 is 31.7 Å². The Balaban J connectivity index is 0.000000229. The van der Waals surface area contributed by atoms with Crippen LogP contribution in [0.4, 0.5) is 5.69 Å². The molecule has 32 heavy (non-hydrogen) atoms. The van der Waals surface area contributed by atoms with Gasteiger partial charge in [-0.1, -0.05) is 35.3 Å². The summed E-state index contributed by atoms with van der Waals surface area (Å²) in [5.74, 6) is -2.00. The van der Waals surface area contributed by atoms with Gasteiger partial charge >= 0.3 is 94.1 Å². The SMILES string of the molecule is CC(=O)Nc1ccc([As](=O)(O)O)c(O)c1.O=C(O)c1nc(-c2ccc(Cl)cc2)ccc1Cl. The maximum Gasteiger partial charge on any atom is 0.356 e. The summed E-state index contributed by atoms with van der Waals surface area (Å²) < 4.78 is 28.2. The van der Waals surface area contributed by atoms with Crippen molar-refractivity contribution in [2.45, 2.75) is 6.92 Å². The Bertz CT molecular complexity index is 1200. The van der Waals surface area contributed by atoms with Crippen LogP contribution in [0.15, 0.2) is 54.6 Å². The number of halogens is 2. The van der Waals surface area contributed by atoms with Crippen molar-refractivity contribution in [3.8, 4) is 17.0 Å². The van der Waals surface area contributed by atoms with E-state index in [0.29, 0.717) is 10.7 Å². The smallest absolute Gasteiger partial charge is 0.356 e. The summed E-state index contributed by atoms with van der Waals surface area (Å²) in [5.41, 5.74) is 1.46. The molecule has 0 aliphatic heterocycles. The van der Waals surface area contributed by atoms with Crippen molar-refractivity contribution >= 4 is 59.3 Å². The third-order valence-electron chi connectivity index (χ3n) is 3.80. The number of carboxylic acid groups (broad SMARTS) is 1. The number of aromatic nitrogens is 1. The van der Waals surface area contributed by atoms with E-state index in [2.05, 4.69) is 10.3 Å².